The van der Waals surface area contributed by atoms with Gasteiger partial charge >= 0.3 is 0 Å². The van der Waals surface area contributed by atoms with E-state index in [-0.39, 0.29) is 11.9 Å². The Balaban J connectivity index is 1.60. The molecule has 2 aliphatic rings. The van der Waals surface area contributed by atoms with Gasteiger partial charge in [-0.2, -0.15) is 0 Å². The van der Waals surface area contributed by atoms with Gasteiger partial charge in [0.15, 0.2) is 0 Å². The molecule has 0 fully saturated rings. The van der Waals surface area contributed by atoms with Crippen LogP contribution in [0.3, 0.4) is 0 Å². The average Bonchev–Trinajstić information content (AvgIpc) is 3.06. The maximum atomic E-state index is 13.0. The molecule has 0 saturated carbocycles. The second-order valence-electron chi connectivity index (χ2n) is 8.01. The Labute approximate surface area is 162 Å². The van der Waals surface area contributed by atoms with E-state index in [9.17, 15) is 4.79 Å². The van der Waals surface area contributed by atoms with Crippen LogP contribution in [0.1, 0.15) is 43.4 Å². The van der Waals surface area contributed by atoms with Crippen LogP contribution in [0, 0.1) is 5.92 Å². The van der Waals surface area contributed by atoms with Crippen molar-refractivity contribution in [3.05, 3.63) is 82.9 Å². The molecule has 0 N–H and O–H groups in total. The summed E-state index contributed by atoms with van der Waals surface area (Å²) < 4.78 is 0. The first-order valence-electron chi connectivity index (χ1n) is 9.97. The molecule has 0 aromatic heterocycles. The van der Waals surface area contributed by atoms with E-state index in [1.807, 2.05) is 36.4 Å². The summed E-state index contributed by atoms with van der Waals surface area (Å²) in [7, 11) is 0. The van der Waals surface area contributed by atoms with Crippen LogP contribution < -0.4 is 0 Å². The number of hydrogen-bond acceptors (Lipinski definition) is 1. The minimum Gasteiger partial charge on any atom is -0.332 e. The fraction of sp³-hybridized carbons (Fsp3) is 0.320. The van der Waals surface area contributed by atoms with E-state index in [4.69, 9.17) is 0 Å². The second-order valence-corrected chi connectivity index (χ2v) is 8.01. The van der Waals surface area contributed by atoms with E-state index < -0.39 is 0 Å². The number of carbonyl (C=O) groups is 1. The van der Waals surface area contributed by atoms with Gasteiger partial charge in [-0.15, -0.1) is 0 Å². The molecule has 4 rings (SSSR count). The highest BCUT2D eigenvalue weighted by Gasteiger charge is 2.36. The van der Waals surface area contributed by atoms with E-state index >= 15 is 0 Å². The minimum absolute atomic E-state index is 0.131. The first kappa shape index (κ1) is 17.8. The number of hydrogen-bond donors (Lipinski definition) is 0. The number of benzene rings is 2. The summed E-state index contributed by atoms with van der Waals surface area (Å²) >= 11 is 0. The number of carbonyl (C=O) groups excluding carboxylic acids is 1. The van der Waals surface area contributed by atoms with Crippen molar-refractivity contribution in [2.24, 2.45) is 5.92 Å². The highest BCUT2D eigenvalue weighted by molar-refractivity contribution is 5.93. The maximum Gasteiger partial charge on any atom is 0.247 e. The van der Waals surface area contributed by atoms with Crippen LogP contribution in [-0.2, 0) is 11.2 Å². The van der Waals surface area contributed by atoms with Crippen LogP contribution in [0.25, 0.3) is 11.6 Å². The molecule has 1 unspecified atom stereocenters. The van der Waals surface area contributed by atoms with Crippen molar-refractivity contribution in [1.29, 1.82) is 0 Å². The van der Waals surface area contributed by atoms with Gasteiger partial charge in [0.2, 0.25) is 5.91 Å². The molecule has 2 aromatic rings. The molecule has 1 aliphatic carbocycles. The van der Waals surface area contributed by atoms with Crippen molar-refractivity contribution < 1.29 is 4.79 Å². The molecule has 1 aliphatic heterocycles. The normalized spacial score (nSPS) is 18.9. The van der Waals surface area contributed by atoms with Crippen molar-refractivity contribution in [3.8, 4) is 0 Å². The minimum atomic E-state index is 0.131. The molecular formula is C25H27NO. The summed E-state index contributed by atoms with van der Waals surface area (Å²) in [6.07, 6.45) is 6.66. The molecule has 2 nitrogen and oxygen atoms in total. The van der Waals surface area contributed by atoms with Crippen molar-refractivity contribution >= 4 is 17.6 Å². The Kier molecular flexibility index (Phi) is 4.98. The lowest BCUT2D eigenvalue weighted by Gasteiger charge is -2.38. The lowest BCUT2D eigenvalue weighted by atomic mass is 9.87. The van der Waals surface area contributed by atoms with Crippen molar-refractivity contribution in [1.82, 2.24) is 4.90 Å². The number of amides is 1. The first-order chi connectivity index (χ1) is 13.1. The molecular weight excluding hydrogens is 330 g/mol. The van der Waals surface area contributed by atoms with Crippen molar-refractivity contribution in [2.45, 2.75) is 39.2 Å². The van der Waals surface area contributed by atoms with E-state index in [0.717, 1.165) is 31.4 Å². The van der Waals surface area contributed by atoms with Gasteiger partial charge < -0.3 is 4.90 Å². The largest absolute Gasteiger partial charge is 0.332 e. The Bertz CT molecular complexity index is 892. The zero-order chi connectivity index (χ0) is 18.8. The summed E-state index contributed by atoms with van der Waals surface area (Å²) in [6.45, 7) is 5.31. The molecule has 1 amide bonds. The van der Waals surface area contributed by atoms with Crippen LogP contribution in [0.2, 0.25) is 0 Å². The van der Waals surface area contributed by atoms with E-state index in [2.05, 4.69) is 43.0 Å². The molecule has 2 heteroatoms. The number of fused-ring (bicyclic) bond motifs is 2. The third-order valence-corrected chi connectivity index (χ3v) is 5.69. The topological polar surface area (TPSA) is 20.3 Å². The highest BCUT2D eigenvalue weighted by atomic mass is 16.2. The number of rotatable bonds is 4. The van der Waals surface area contributed by atoms with Gasteiger partial charge in [0, 0.05) is 12.6 Å². The lowest BCUT2D eigenvalue weighted by Crippen LogP contribution is -2.44. The van der Waals surface area contributed by atoms with Crippen LogP contribution in [0.5, 0.6) is 0 Å². The lowest BCUT2D eigenvalue weighted by molar-refractivity contribution is -0.128. The van der Waals surface area contributed by atoms with Crippen LogP contribution in [-0.4, -0.2) is 23.4 Å². The molecule has 0 saturated heterocycles. The Morgan fingerprint density at radius 1 is 1.11 bits per heavy atom. The van der Waals surface area contributed by atoms with E-state index in [0.29, 0.717) is 5.92 Å². The van der Waals surface area contributed by atoms with Gasteiger partial charge in [-0.25, -0.2) is 0 Å². The predicted molar refractivity (Wildman–Crippen MR) is 112 cm³/mol. The van der Waals surface area contributed by atoms with Crippen LogP contribution in [0.15, 0.2) is 66.2 Å². The summed E-state index contributed by atoms with van der Waals surface area (Å²) in [5, 5.41) is 0. The monoisotopic (exact) mass is 357 g/mol. The fourth-order valence-electron chi connectivity index (χ4n) is 4.45. The molecule has 0 radical (unpaired) electrons. The zero-order valence-corrected chi connectivity index (χ0v) is 16.2. The Hall–Kier alpha value is -2.61. The molecule has 1 atom stereocenters. The van der Waals surface area contributed by atoms with Gasteiger partial charge in [-0.05, 0) is 59.1 Å². The van der Waals surface area contributed by atoms with Crippen LogP contribution >= 0.6 is 0 Å². The Morgan fingerprint density at radius 3 is 2.63 bits per heavy atom. The summed E-state index contributed by atoms with van der Waals surface area (Å²) in [6, 6.07) is 19.0. The van der Waals surface area contributed by atoms with E-state index in [1.54, 1.807) is 6.08 Å². The molecule has 27 heavy (non-hydrogen) atoms. The highest BCUT2D eigenvalue weighted by Crippen LogP contribution is 2.42. The summed E-state index contributed by atoms with van der Waals surface area (Å²) in [5.41, 5.74) is 6.86. The zero-order valence-electron chi connectivity index (χ0n) is 16.2. The van der Waals surface area contributed by atoms with Gasteiger partial charge in [0.1, 0.15) is 0 Å². The quantitative estimate of drug-likeness (QED) is 0.675. The van der Waals surface area contributed by atoms with Crippen molar-refractivity contribution in [3.63, 3.8) is 0 Å². The standard InChI is InChI=1S/C25H27NO/c1-18(2)16-24-23-17-20-10-6-7-11-21(20)22(23)14-15-26(24)25(27)13-12-19-8-4-3-5-9-19/h3-13,18,24H,14-17H2,1-2H3/b13-12+. The third kappa shape index (κ3) is 3.62. The molecule has 2 aromatic carbocycles. The maximum absolute atomic E-state index is 13.0. The fourth-order valence-corrected chi connectivity index (χ4v) is 4.45. The van der Waals surface area contributed by atoms with Crippen molar-refractivity contribution in [2.75, 3.05) is 6.54 Å². The molecule has 138 valence electrons. The average molecular weight is 357 g/mol. The van der Waals surface area contributed by atoms with Gasteiger partial charge in [-0.1, -0.05) is 68.4 Å². The third-order valence-electron chi connectivity index (χ3n) is 5.69. The summed E-state index contributed by atoms with van der Waals surface area (Å²) in [5.74, 6) is 0.686. The second kappa shape index (κ2) is 7.56. The number of nitrogens with zero attached hydrogens (tertiary/aromatic N) is 1. The Morgan fingerprint density at radius 2 is 1.85 bits per heavy atom. The van der Waals surface area contributed by atoms with E-state index in [1.165, 1.54) is 22.3 Å². The van der Waals surface area contributed by atoms with Gasteiger partial charge in [0.05, 0.1) is 6.04 Å². The molecule has 0 bridgehead atoms. The smallest absolute Gasteiger partial charge is 0.247 e. The van der Waals surface area contributed by atoms with Gasteiger partial charge in [-0.3, -0.25) is 4.79 Å². The molecule has 1 heterocycles. The van der Waals surface area contributed by atoms with Crippen LogP contribution in [0.4, 0.5) is 0 Å². The van der Waals surface area contributed by atoms with Gasteiger partial charge in [0.25, 0.3) is 0 Å². The predicted octanol–water partition coefficient (Wildman–Crippen LogP) is 5.36. The SMILES string of the molecule is CC(C)CC1C2=C(CCN1C(=O)/C=C/c1ccccc1)c1ccccc1C2. The molecule has 0 spiro atoms. The summed E-state index contributed by atoms with van der Waals surface area (Å²) in [4.78, 5) is 15.1. The first-order valence-corrected chi connectivity index (χ1v) is 9.97.